The van der Waals surface area contributed by atoms with Gasteiger partial charge in [0, 0.05) is 13.1 Å². The third-order valence-electron chi connectivity index (χ3n) is 1.42. The normalized spacial score (nSPS) is 9.00. The molecule has 0 spiro atoms. The van der Waals surface area contributed by atoms with E-state index in [0.29, 0.717) is 22.9 Å². The molecule has 0 aliphatic rings. The molecule has 1 rings (SSSR count). The molecule has 5 N–H and O–H groups in total. The average molecular weight is 163 g/mol. The largest absolute Gasteiger partial charge is 0.397 e. The second-order valence-electron chi connectivity index (χ2n) is 2.22. The van der Waals surface area contributed by atoms with Crippen molar-refractivity contribution in [2.75, 3.05) is 23.8 Å². The van der Waals surface area contributed by atoms with Gasteiger partial charge in [-0.05, 0) is 0 Å². The minimum atomic E-state index is 0.302. The Morgan fingerprint density at radius 2 is 2.25 bits per heavy atom. The van der Waals surface area contributed by atoms with Gasteiger partial charge in [-0.2, -0.15) is 5.26 Å². The van der Waals surface area contributed by atoms with Crippen molar-refractivity contribution < 1.29 is 0 Å². The first-order valence-electron chi connectivity index (χ1n) is 3.33. The van der Waals surface area contributed by atoms with E-state index in [1.165, 1.54) is 6.07 Å². The number of hydrogen-bond acceptors (Lipinski definition) is 5. The third-order valence-corrected chi connectivity index (χ3v) is 1.42. The van der Waals surface area contributed by atoms with Crippen LogP contribution in [-0.2, 0) is 0 Å². The van der Waals surface area contributed by atoms with Crippen LogP contribution in [0.4, 0.5) is 17.3 Å². The van der Waals surface area contributed by atoms with Gasteiger partial charge in [0.25, 0.3) is 0 Å². The number of pyridine rings is 1. The Morgan fingerprint density at radius 1 is 1.58 bits per heavy atom. The van der Waals surface area contributed by atoms with Gasteiger partial charge < -0.3 is 16.8 Å². The van der Waals surface area contributed by atoms with Gasteiger partial charge in [-0.15, -0.1) is 0 Å². The number of rotatable bonds is 1. The van der Waals surface area contributed by atoms with E-state index in [2.05, 4.69) is 10.3 Å². The highest BCUT2D eigenvalue weighted by Gasteiger charge is 2.06. The average Bonchev–Trinajstić information content (AvgIpc) is 2.03. The van der Waals surface area contributed by atoms with Gasteiger partial charge in [-0.1, -0.05) is 0 Å². The van der Waals surface area contributed by atoms with Crippen LogP contribution in [0, 0.1) is 11.3 Å². The summed E-state index contributed by atoms with van der Waals surface area (Å²) in [6.07, 6.45) is 0. The molecule has 0 radical (unpaired) electrons. The lowest BCUT2D eigenvalue weighted by atomic mass is 10.2. The monoisotopic (exact) mass is 163 g/mol. The molecule has 0 bridgehead atoms. The Hall–Kier alpha value is -1.96. The Balaban J connectivity index is 3.36. The van der Waals surface area contributed by atoms with Gasteiger partial charge in [0.05, 0.1) is 5.69 Å². The quantitative estimate of drug-likeness (QED) is 0.547. The van der Waals surface area contributed by atoms with Crippen molar-refractivity contribution in [2.24, 2.45) is 0 Å². The molecule has 0 amide bonds. The molecule has 12 heavy (non-hydrogen) atoms. The summed E-state index contributed by atoms with van der Waals surface area (Å²) in [5.74, 6) is 0.714. The van der Waals surface area contributed by atoms with E-state index in [1.807, 2.05) is 6.07 Å². The van der Waals surface area contributed by atoms with E-state index >= 15 is 0 Å². The summed E-state index contributed by atoms with van der Waals surface area (Å²) in [5, 5.41) is 11.4. The number of hydrogen-bond donors (Lipinski definition) is 3. The fourth-order valence-corrected chi connectivity index (χ4v) is 0.884. The minimum absolute atomic E-state index is 0.302. The zero-order valence-electron chi connectivity index (χ0n) is 6.63. The van der Waals surface area contributed by atoms with E-state index in [4.69, 9.17) is 16.7 Å². The van der Waals surface area contributed by atoms with Gasteiger partial charge >= 0.3 is 0 Å². The van der Waals surface area contributed by atoms with E-state index in [9.17, 15) is 0 Å². The highest BCUT2D eigenvalue weighted by atomic mass is 15.0. The molecule has 5 nitrogen and oxygen atoms in total. The van der Waals surface area contributed by atoms with E-state index in [-0.39, 0.29) is 0 Å². The minimum Gasteiger partial charge on any atom is -0.397 e. The number of nitrogens with one attached hydrogen (secondary N) is 1. The lowest BCUT2D eigenvalue weighted by Crippen LogP contribution is -2.03. The molecule has 0 aliphatic heterocycles. The molecule has 62 valence electrons. The van der Waals surface area contributed by atoms with Crippen molar-refractivity contribution in [1.82, 2.24) is 4.98 Å². The number of anilines is 3. The number of nitrogens with zero attached hydrogens (tertiary/aromatic N) is 2. The van der Waals surface area contributed by atoms with Crippen molar-refractivity contribution in [3.05, 3.63) is 11.6 Å². The topological polar surface area (TPSA) is 101 Å². The van der Waals surface area contributed by atoms with Crippen LogP contribution in [-0.4, -0.2) is 12.0 Å². The molecule has 0 unspecified atom stereocenters. The summed E-state index contributed by atoms with van der Waals surface area (Å²) < 4.78 is 0. The summed E-state index contributed by atoms with van der Waals surface area (Å²) in [7, 11) is 1.65. The predicted molar refractivity (Wildman–Crippen MR) is 47.3 cm³/mol. The zero-order valence-corrected chi connectivity index (χ0v) is 6.63. The first kappa shape index (κ1) is 8.14. The molecule has 1 aromatic rings. The molecular weight excluding hydrogens is 154 g/mol. The van der Waals surface area contributed by atoms with Gasteiger partial charge in [-0.3, -0.25) is 0 Å². The van der Waals surface area contributed by atoms with Crippen LogP contribution >= 0.6 is 0 Å². The fraction of sp³-hybridized carbons (Fsp3) is 0.143. The summed E-state index contributed by atoms with van der Waals surface area (Å²) in [6, 6.07) is 3.39. The predicted octanol–water partition coefficient (Wildman–Crippen LogP) is 0.159. The second-order valence-corrected chi connectivity index (χ2v) is 2.22. The van der Waals surface area contributed by atoms with Crippen LogP contribution in [0.1, 0.15) is 5.56 Å². The van der Waals surface area contributed by atoms with Crippen molar-refractivity contribution in [3.8, 4) is 6.07 Å². The first-order valence-corrected chi connectivity index (χ1v) is 3.33. The Kier molecular flexibility index (Phi) is 2.01. The van der Waals surface area contributed by atoms with Crippen LogP contribution in [0.15, 0.2) is 6.07 Å². The third kappa shape index (κ3) is 1.22. The molecular formula is C7H9N5. The van der Waals surface area contributed by atoms with Crippen LogP contribution in [0.5, 0.6) is 0 Å². The molecule has 0 aliphatic carbocycles. The maximum Gasteiger partial charge on any atom is 0.148 e. The maximum atomic E-state index is 8.67. The molecule has 0 saturated carbocycles. The molecule has 0 fully saturated rings. The second kappa shape index (κ2) is 2.96. The molecule has 0 saturated heterocycles. The van der Waals surface area contributed by atoms with Crippen LogP contribution in [0.3, 0.4) is 0 Å². The van der Waals surface area contributed by atoms with Gasteiger partial charge in [0.15, 0.2) is 0 Å². The zero-order chi connectivity index (χ0) is 9.14. The molecule has 5 heteroatoms. The molecule has 0 aromatic carbocycles. The van der Waals surface area contributed by atoms with Crippen LogP contribution < -0.4 is 16.8 Å². The van der Waals surface area contributed by atoms with E-state index in [0.717, 1.165) is 0 Å². The summed E-state index contributed by atoms with van der Waals surface area (Å²) >= 11 is 0. The summed E-state index contributed by atoms with van der Waals surface area (Å²) in [4.78, 5) is 3.89. The Bertz CT molecular complexity index is 338. The highest BCUT2D eigenvalue weighted by molar-refractivity contribution is 5.69. The summed E-state index contributed by atoms with van der Waals surface area (Å²) in [5.41, 5.74) is 11.6. The van der Waals surface area contributed by atoms with Gasteiger partial charge in [0.2, 0.25) is 0 Å². The standard InChI is InChI=1S/C7H9N5/c1-11-7-4(3-8)5(9)2-6(10)12-7/h2H,1H3,(H5,9,10,11,12). The SMILES string of the molecule is CNc1nc(N)cc(N)c1C#N. The lowest BCUT2D eigenvalue weighted by molar-refractivity contribution is 1.28. The first-order chi connectivity index (χ1) is 5.69. The number of aromatic nitrogens is 1. The number of nitrogen functional groups attached to an aromatic ring is 2. The number of nitrogens with two attached hydrogens (primary N) is 2. The van der Waals surface area contributed by atoms with Crippen molar-refractivity contribution in [1.29, 1.82) is 5.26 Å². The van der Waals surface area contributed by atoms with Gasteiger partial charge in [0.1, 0.15) is 23.3 Å². The molecule has 1 aromatic heterocycles. The van der Waals surface area contributed by atoms with Gasteiger partial charge in [-0.25, -0.2) is 4.98 Å². The van der Waals surface area contributed by atoms with Crippen LogP contribution in [0.2, 0.25) is 0 Å². The van der Waals surface area contributed by atoms with Crippen LogP contribution in [0.25, 0.3) is 0 Å². The number of nitriles is 1. The van der Waals surface area contributed by atoms with Crippen molar-refractivity contribution >= 4 is 17.3 Å². The van der Waals surface area contributed by atoms with E-state index in [1.54, 1.807) is 7.05 Å². The fourth-order valence-electron chi connectivity index (χ4n) is 0.884. The lowest BCUT2D eigenvalue weighted by Gasteiger charge is -2.05. The molecule has 1 heterocycles. The maximum absolute atomic E-state index is 8.67. The molecule has 0 atom stereocenters. The summed E-state index contributed by atoms with van der Waals surface area (Å²) in [6.45, 7) is 0. The Labute approximate surface area is 70.0 Å². The Morgan fingerprint density at radius 3 is 2.75 bits per heavy atom. The van der Waals surface area contributed by atoms with Crippen molar-refractivity contribution in [3.63, 3.8) is 0 Å². The highest BCUT2D eigenvalue weighted by Crippen LogP contribution is 2.20. The smallest absolute Gasteiger partial charge is 0.148 e. The van der Waals surface area contributed by atoms with E-state index < -0.39 is 0 Å². The van der Waals surface area contributed by atoms with Crippen molar-refractivity contribution in [2.45, 2.75) is 0 Å².